The first-order valence-corrected chi connectivity index (χ1v) is 14.9. The maximum absolute atomic E-state index is 16.7. The Balaban J connectivity index is 2.08. The van der Waals surface area contributed by atoms with E-state index in [0.29, 0.717) is 0 Å². The normalized spacial score (nSPS) is 29.4. The lowest BCUT2D eigenvalue weighted by Gasteiger charge is -2.47. The minimum Gasteiger partial charge on any atom is -0.463 e. The number of rotatable bonds is 12. The third-order valence-corrected chi connectivity index (χ3v) is 6.80. The van der Waals surface area contributed by atoms with Crippen LogP contribution in [0.3, 0.4) is 0 Å². The van der Waals surface area contributed by atoms with Crippen LogP contribution in [0.1, 0.15) is 51.9 Å². The highest BCUT2D eigenvalue weighted by Crippen LogP contribution is 2.35. The van der Waals surface area contributed by atoms with E-state index in [9.17, 15) is 33.6 Å². The molecular weight excluding hydrogens is 663 g/mol. The van der Waals surface area contributed by atoms with Gasteiger partial charge in [0.05, 0.1) is 5.56 Å². The summed E-state index contributed by atoms with van der Waals surface area (Å²) in [5, 5.41) is 0. The Morgan fingerprint density at radius 2 is 1.02 bits per heavy atom. The van der Waals surface area contributed by atoms with E-state index in [1.165, 1.54) is 24.3 Å². The van der Waals surface area contributed by atoms with Gasteiger partial charge in [0.2, 0.25) is 6.29 Å². The van der Waals surface area contributed by atoms with Gasteiger partial charge in [-0.25, -0.2) is 9.18 Å². The molecule has 0 N–H and O–H groups in total. The van der Waals surface area contributed by atoms with Crippen LogP contribution in [0.25, 0.3) is 0 Å². The molecule has 17 nitrogen and oxygen atoms in total. The smallest absolute Gasteiger partial charge is 0.338 e. The molecule has 0 amide bonds. The molecule has 0 spiro atoms. The molecule has 2 aliphatic heterocycles. The summed E-state index contributed by atoms with van der Waals surface area (Å²) in [6.07, 6.45) is -18.1. The van der Waals surface area contributed by atoms with E-state index >= 15 is 4.39 Å². The van der Waals surface area contributed by atoms with E-state index < -0.39 is 116 Å². The summed E-state index contributed by atoms with van der Waals surface area (Å²) >= 11 is 0. The molecule has 1 aromatic rings. The first-order valence-electron chi connectivity index (χ1n) is 14.9. The fourth-order valence-electron chi connectivity index (χ4n) is 4.96. The largest absolute Gasteiger partial charge is 0.463 e. The number of alkyl halides is 1. The fraction of sp³-hybridized carbons (Fsp3) is 0.581. The van der Waals surface area contributed by atoms with Crippen molar-refractivity contribution in [3.8, 4) is 0 Å². The average molecular weight is 701 g/mol. The molecule has 18 heteroatoms. The zero-order valence-electron chi connectivity index (χ0n) is 27.4. The third-order valence-electron chi connectivity index (χ3n) is 6.80. The van der Waals surface area contributed by atoms with Gasteiger partial charge in [-0.05, 0) is 12.1 Å². The Morgan fingerprint density at radius 1 is 0.551 bits per heavy atom. The molecule has 0 aromatic heterocycles. The van der Waals surface area contributed by atoms with Gasteiger partial charge in [0, 0.05) is 41.5 Å². The number of esters is 7. The van der Waals surface area contributed by atoms with Gasteiger partial charge in [-0.2, -0.15) is 0 Å². The minimum atomic E-state index is -2.43. The van der Waals surface area contributed by atoms with Crippen molar-refractivity contribution in [1.29, 1.82) is 0 Å². The first-order chi connectivity index (χ1) is 23.1. The van der Waals surface area contributed by atoms with Gasteiger partial charge in [0.15, 0.2) is 36.9 Å². The monoisotopic (exact) mass is 700 g/mol. The predicted molar refractivity (Wildman–Crippen MR) is 154 cm³/mol. The molecule has 270 valence electrons. The highest BCUT2D eigenvalue weighted by Gasteiger charge is 2.57. The number of hydrogen-bond donors (Lipinski definition) is 0. The highest BCUT2D eigenvalue weighted by atomic mass is 19.1. The van der Waals surface area contributed by atoms with Gasteiger partial charge in [-0.15, -0.1) is 0 Å². The van der Waals surface area contributed by atoms with E-state index in [1.54, 1.807) is 6.07 Å². The van der Waals surface area contributed by atoms with Crippen molar-refractivity contribution >= 4 is 41.8 Å². The SMILES string of the molecule is CC(=O)OC[C@H]1O[C@@H](O[C@H]2[C@H](F)[C@H](OC(=O)c3ccccc3)[C@@H](OC(C)=O)O[C@@H]2COC(C)=O)[C@H](OC(C)=O)[C@@H](OC(C)=O)[C@H]1OC(C)=O. The summed E-state index contributed by atoms with van der Waals surface area (Å²) in [5.41, 5.74) is 0.00960. The molecule has 0 saturated carbocycles. The number of hydrogen-bond acceptors (Lipinski definition) is 17. The van der Waals surface area contributed by atoms with E-state index in [-0.39, 0.29) is 5.56 Å². The van der Waals surface area contributed by atoms with Crippen LogP contribution >= 0.6 is 0 Å². The molecule has 2 saturated heterocycles. The van der Waals surface area contributed by atoms with E-state index in [2.05, 4.69) is 0 Å². The standard InChI is InChI=1S/C31H37FO17/c1-14(33)40-12-21-24(23(32)26(30(46-21)45-19(6)38)48-29(39)20-10-8-7-9-11-20)49-31-28(44-18(5)37)27(43-17(4)36)25(42-16(3)35)22(47-31)13-41-15(2)34/h7-11,21-28,30-31H,12-13H2,1-6H3/t21-,22-,23+,24-,25+,26+,27+,28-,30+,31+/m1/s1. The molecule has 0 aliphatic carbocycles. The van der Waals surface area contributed by atoms with Crippen molar-refractivity contribution < 1.29 is 85.3 Å². The molecule has 1 aromatic carbocycles. The third kappa shape index (κ3) is 11.2. The van der Waals surface area contributed by atoms with Crippen molar-refractivity contribution in [3.63, 3.8) is 0 Å². The van der Waals surface area contributed by atoms with Crippen molar-refractivity contribution in [3.05, 3.63) is 35.9 Å². The van der Waals surface area contributed by atoms with Gasteiger partial charge in [0.1, 0.15) is 31.5 Å². The van der Waals surface area contributed by atoms with Crippen LogP contribution < -0.4 is 0 Å². The van der Waals surface area contributed by atoms with Crippen LogP contribution in [0.5, 0.6) is 0 Å². The van der Waals surface area contributed by atoms with Gasteiger partial charge >= 0.3 is 41.8 Å². The second-order valence-electron chi connectivity index (χ2n) is 10.8. The van der Waals surface area contributed by atoms with Crippen LogP contribution in [0.4, 0.5) is 4.39 Å². The van der Waals surface area contributed by atoms with Crippen LogP contribution in [-0.2, 0) is 76.1 Å². The van der Waals surface area contributed by atoms with Crippen molar-refractivity contribution in [2.45, 2.75) is 103 Å². The van der Waals surface area contributed by atoms with E-state index in [0.717, 1.165) is 41.5 Å². The molecule has 10 atom stereocenters. The zero-order valence-corrected chi connectivity index (χ0v) is 27.4. The van der Waals surface area contributed by atoms with Gasteiger partial charge in [-0.3, -0.25) is 28.8 Å². The lowest BCUT2D eigenvalue weighted by molar-refractivity contribution is -0.351. The predicted octanol–water partition coefficient (Wildman–Crippen LogP) is 0.870. The Hall–Kier alpha value is -4.68. The molecule has 2 fully saturated rings. The van der Waals surface area contributed by atoms with Crippen molar-refractivity contribution in [2.24, 2.45) is 0 Å². The van der Waals surface area contributed by atoms with Crippen molar-refractivity contribution in [1.82, 2.24) is 0 Å². The van der Waals surface area contributed by atoms with Crippen LogP contribution in [0, 0.1) is 0 Å². The van der Waals surface area contributed by atoms with E-state index in [1.807, 2.05) is 0 Å². The minimum absolute atomic E-state index is 0.00960. The number of ether oxygens (including phenoxy) is 10. The average Bonchev–Trinajstić information content (AvgIpc) is 3.00. The van der Waals surface area contributed by atoms with Crippen LogP contribution in [0.15, 0.2) is 30.3 Å². The summed E-state index contributed by atoms with van der Waals surface area (Å²) in [5.74, 6) is -6.34. The number of halogens is 1. The van der Waals surface area contributed by atoms with Gasteiger partial charge in [-0.1, -0.05) is 18.2 Å². The number of benzene rings is 1. The lowest BCUT2D eigenvalue weighted by Crippen LogP contribution is -2.66. The molecule has 3 rings (SSSR count). The summed E-state index contributed by atoms with van der Waals surface area (Å²) in [6, 6.07) is 7.44. The molecule has 2 aliphatic rings. The van der Waals surface area contributed by atoms with Crippen LogP contribution in [-0.4, -0.2) is 116 Å². The summed E-state index contributed by atoms with van der Waals surface area (Å²) < 4.78 is 71.0. The highest BCUT2D eigenvalue weighted by molar-refractivity contribution is 5.89. The molecule has 49 heavy (non-hydrogen) atoms. The Bertz CT molecular complexity index is 1370. The first kappa shape index (κ1) is 38.8. The lowest BCUT2D eigenvalue weighted by atomic mass is 9.96. The second-order valence-corrected chi connectivity index (χ2v) is 10.8. The molecule has 2 heterocycles. The zero-order chi connectivity index (χ0) is 36.4. The maximum Gasteiger partial charge on any atom is 0.338 e. The number of carbonyl (C=O) groups excluding carboxylic acids is 7. The van der Waals surface area contributed by atoms with Crippen LogP contribution in [0.2, 0.25) is 0 Å². The second kappa shape index (κ2) is 17.6. The Kier molecular flexibility index (Phi) is 14.0. The molecule has 0 radical (unpaired) electrons. The Morgan fingerprint density at radius 3 is 1.53 bits per heavy atom. The van der Waals surface area contributed by atoms with Gasteiger partial charge < -0.3 is 47.4 Å². The fourth-order valence-corrected chi connectivity index (χ4v) is 4.96. The summed E-state index contributed by atoms with van der Waals surface area (Å²) in [7, 11) is 0. The summed E-state index contributed by atoms with van der Waals surface area (Å²) in [6.45, 7) is 4.84. The molecule has 0 bridgehead atoms. The molecular formula is C31H37FO17. The van der Waals surface area contributed by atoms with Gasteiger partial charge in [0.25, 0.3) is 0 Å². The van der Waals surface area contributed by atoms with E-state index in [4.69, 9.17) is 47.4 Å². The van der Waals surface area contributed by atoms with Crippen molar-refractivity contribution in [2.75, 3.05) is 13.2 Å². The number of carbonyl (C=O) groups is 7. The molecule has 0 unspecified atom stereocenters. The maximum atomic E-state index is 16.7. The summed E-state index contributed by atoms with van der Waals surface area (Å²) in [4.78, 5) is 84.8. The quantitative estimate of drug-likeness (QED) is 0.219. The Labute approximate surface area is 279 Å². The topological polar surface area (TPSA) is 212 Å².